The largest absolute Gasteiger partial charge is 0.309 e. The first-order valence-electron chi connectivity index (χ1n) is 18.5. The van der Waals surface area contributed by atoms with Crippen LogP contribution in [0.15, 0.2) is 200 Å². The standard InChI is InChI=1S/C52H33NS/c1-2-10-34(11-3-1)39-14-8-15-43(33-39)53(48-19-9-18-47-51-45-17-7-5-13-37(45)27-31-49(51)54-52(47)48)42-28-24-35(25-29-42)40-26-30-46-41(32-40)23-22-38-21-20-36-12-4-6-16-44(36)50(38)46/h1-33H. The fraction of sp³-hybridized carbons (Fsp3) is 0. The molecular weight excluding hydrogens is 671 g/mol. The highest BCUT2D eigenvalue weighted by molar-refractivity contribution is 7.26. The Morgan fingerprint density at radius 1 is 0.315 bits per heavy atom. The molecule has 11 rings (SSSR count). The van der Waals surface area contributed by atoms with Crippen molar-refractivity contribution in [2.75, 3.05) is 4.90 Å². The third-order valence-electron chi connectivity index (χ3n) is 11.0. The molecule has 0 N–H and O–H groups in total. The van der Waals surface area contributed by atoms with Crippen molar-refractivity contribution in [2.24, 2.45) is 0 Å². The molecule has 0 amide bonds. The second-order valence-corrected chi connectivity index (χ2v) is 15.2. The minimum Gasteiger partial charge on any atom is -0.309 e. The lowest BCUT2D eigenvalue weighted by atomic mass is 9.94. The van der Waals surface area contributed by atoms with Gasteiger partial charge in [0.15, 0.2) is 0 Å². The Bertz CT molecular complexity index is 3210. The monoisotopic (exact) mass is 703 g/mol. The second-order valence-electron chi connectivity index (χ2n) is 14.1. The summed E-state index contributed by atoms with van der Waals surface area (Å²) in [5, 5.41) is 12.9. The average Bonchev–Trinajstić information content (AvgIpc) is 3.64. The molecule has 0 saturated heterocycles. The molecule has 0 spiro atoms. The van der Waals surface area contributed by atoms with Crippen LogP contribution in [0, 0.1) is 0 Å². The van der Waals surface area contributed by atoms with Crippen molar-refractivity contribution in [3.8, 4) is 22.3 Å². The van der Waals surface area contributed by atoms with Gasteiger partial charge < -0.3 is 4.90 Å². The van der Waals surface area contributed by atoms with Crippen molar-refractivity contribution in [3.63, 3.8) is 0 Å². The van der Waals surface area contributed by atoms with Crippen molar-refractivity contribution >= 4 is 91.7 Å². The van der Waals surface area contributed by atoms with Crippen molar-refractivity contribution in [1.82, 2.24) is 0 Å². The third kappa shape index (κ3) is 4.99. The molecule has 0 aliphatic rings. The minimum atomic E-state index is 1.12. The Hall–Kier alpha value is -6.74. The zero-order valence-electron chi connectivity index (χ0n) is 29.4. The first kappa shape index (κ1) is 30.8. The van der Waals surface area contributed by atoms with Crippen molar-refractivity contribution in [3.05, 3.63) is 200 Å². The average molecular weight is 704 g/mol. The highest BCUT2D eigenvalue weighted by Crippen LogP contribution is 2.47. The van der Waals surface area contributed by atoms with E-state index < -0.39 is 0 Å². The number of rotatable bonds is 5. The summed E-state index contributed by atoms with van der Waals surface area (Å²) in [5.74, 6) is 0. The van der Waals surface area contributed by atoms with Crippen LogP contribution in [0.4, 0.5) is 17.1 Å². The summed E-state index contributed by atoms with van der Waals surface area (Å²) in [7, 11) is 0. The number of hydrogen-bond acceptors (Lipinski definition) is 2. The van der Waals surface area contributed by atoms with Crippen LogP contribution in [0.1, 0.15) is 0 Å². The van der Waals surface area contributed by atoms with Gasteiger partial charge in [0.05, 0.1) is 10.4 Å². The van der Waals surface area contributed by atoms with Crippen LogP contribution >= 0.6 is 11.3 Å². The molecule has 0 atom stereocenters. The van der Waals surface area contributed by atoms with Gasteiger partial charge in [-0.15, -0.1) is 11.3 Å². The molecular formula is C52H33NS. The lowest BCUT2D eigenvalue weighted by Crippen LogP contribution is -2.10. The Labute approximate surface area is 317 Å². The summed E-state index contributed by atoms with van der Waals surface area (Å²) < 4.78 is 2.59. The molecule has 2 heteroatoms. The summed E-state index contributed by atoms with van der Waals surface area (Å²) in [6.45, 7) is 0. The minimum absolute atomic E-state index is 1.12. The number of benzene rings is 10. The normalized spacial score (nSPS) is 11.7. The second kappa shape index (κ2) is 12.4. The summed E-state index contributed by atoms with van der Waals surface area (Å²) in [6.07, 6.45) is 0. The Morgan fingerprint density at radius 2 is 0.889 bits per heavy atom. The third-order valence-corrected chi connectivity index (χ3v) is 12.2. The molecule has 54 heavy (non-hydrogen) atoms. The lowest BCUT2D eigenvalue weighted by molar-refractivity contribution is 1.30. The number of thiophene rings is 1. The van der Waals surface area contributed by atoms with Gasteiger partial charge in [-0.1, -0.05) is 158 Å². The number of fused-ring (bicyclic) bond motifs is 10. The van der Waals surface area contributed by atoms with Crippen LogP contribution in [-0.4, -0.2) is 0 Å². The Morgan fingerprint density at radius 3 is 1.70 bits per heavy atom. The highest BCUT2D eigenvalue weighted by Gasteiger charge is 2.20. The SMILES string of the molecule is c1ccc(-c2cccc(N(c3ccc(-c4ccc5c(ccc6ccc7ccccc7c65)c4)cc3)c3cccc4c3sc3ccc5ccccc5c34)c2)cc1. The molecule has 0 bridgehead atoms. The number of hydrogen-bond donors (Lipinski definition) is 0. The molecule has 252 valence electrons. The summed E-state index contributed by atoms with van der Waals surface area (Å²) in [5.41, 5.74) is 8.24. The Balaban J connectivity index is 1.06. The van der Waals surface area contributed by atoms with Crippen molar-refractivity contribution in [2.45, 2.75) is 0 Å². The summed E-state index contributed by atoms with van der Waals surface area (Å²) >= 11 is 1.88. The summed E-state index contributed by atoms with van der Waals surface area (Å²) in [4.78, 5) is 2.44. The zero-order chi connectivity index (χ0) is 35.6. The van der Waals surface area contributed by atoms with Gasteiger partial charge in [0, 0.05) is 26.8 Å². The van der Waals surface area contributed by atoms with Gasteiger partial charge in [0.25, 0.3) is 0 Å². The maximum absolute atomic E-state index is 2.44. The van der Waals surface area contributed by atoms with E-state index in [9.17, 15) is 0 Å². The van der Waals surface area contributed by atoms with Crippen LogP contribution in [0.3, 0.4) is 0 Å². The molecule has 0 radical (unpaired) electrons. The van der Waals surface area contributed by atoms with Crippen LogP contribution in [0.25, 0.3) is 85.5 Å². The fourth-order valence-electron chi connectivity index (χ4n) is 8.43. The van der Waals surface area contributed by atoms with Crippen LogP contribution in [-0.2, 0) is 0 Å². The Kier molecular flexibility index (Phi) is 7.11. The van der Waals surface area contributed by atoms with E-state index in [0.29, 0.717) is 0 Å². The van der Waals surface area contributed by atoms with Gasteiger partial charge in [-0.2, -0.15) is 0 Å². The number of anilines is 3. The van der Waals surface area contributed by atoms with E-state index in [1.165, 1.54) is 91.2 Å². The molecule has 0 fully saturated rings. The van der Waals surface area contributed by atoms with Gasteiger partial charge >= 0.3 is 0 Å². The number of nitrogens with zero attached hydrogens (tertiary/aromatic N) is 1. The van der Waals surface area contributed by atoms with Crippen LogP contribution < -0.4 is 4.90 Å². The quantitative estimate of drug-likeness (QED) is 0.161. The predicted molar refractivity (Wildman–Crippen MR) is 235 cm³/mol. The van der Waals surface area contributed by atoms with Crippen LogP contribution in [0.2, 0.25) is 0 Å². The topological polar surface area (TPSA) is 3.24 Å². The van der Waals surface area contributed by atoms with Crippen LogP contribution in [0.5, 0.6) is 0 Å². The van der Waals surface area contributed by atoms with Gasteiger partial charge in [0.2, 0.25) is 0 Å². The van der Waals surface area contributed by atoms with E-state index in [2.05, 4.69) is 205 Å². The fourth-order valence-corrected chi connectivity index (χ4v) is 9.65. The molecule has 11 aromatic rings. The van der Waals surface area contributed by atoms with Gasteiger partial charge in [-0.3, -0.25) is 0 Å². The molecule has 1 nitrogen and oxygen atoms in total. The van der Waals surface area contributed by atoms with Crippen molar-refractivity contribution < 1.29 is 0 Å². The van der Waals surface area contributed by atoms with Gasteiger partial charge in [0.1, 0.15) is 0 Å². The van der Waals surface area contributed by atoms with E-state index in [1.54, 1.807) is 0 Å². The van der Waals surface area contributed by atoms with Crippen molar-refractivity contribution in [1.29, 1.82) is 0 Å². The zero-order valence-corrected chi connectivity index (χ0v) is 30.2. The molecule has 1 heterocycles. The van der Waals surface area contributed by atoms with Gasteiger partial charge in [-0.25, -0.2) is 0 Å². The van der Waals surface area contributed by atoms with E-state index >= 15 is 0 Å². The molecule has 1 aromatic heterocycles. The highest BCUT2D eigenvalue weighted by atomic mass is 32.1. The van der Waals surface area contributed by atoms with E-state index in [1.807, 2.05) is 11.3 Å². The van der Waals surface area contributed by atoms with E-state index in [-0.39, 0.29) is 0 Å². The molecule has 0 aliphatic heterocycles. The summed E-state index contributed by atoms with van der Waals surface area (Å²) in [6, 6.07) is 73.4. The smallest absolute Gasteiger partial charge is 0.0640 e. The van der Waals surface area contributed by atoms with Gasteiger partial charge in [-0.05, 0) is 108 Å². The molecule has 0 aliphatic carbocycles. The first-order valence-corrected chi connectivity index (χ1v) is 19.3. The first-order chi connectivity index (χ1) is 26.8. The molecule has 0 saturated carbocycles. The maximum atomic E-state index is 2.44. The van der Waals surface area contributed by atoms with E-state index in [0.717, 1.165) is 11.4 Å². The maximum Gasteiger partial charge on any atom is 0.0640 e. The van der Waals surface area contributed by atoms with E-state index in [4.69, 9.17) is 0 Å². The molecule has 10 aromatic carbocycles. The molecule has 0 unspecified atom stereocenters. The lowest BCUT2D eigenvalue weighted by Gasteiger charge is -2.27. The predicted octanol–water partition coefficient (Wildman–Crippen LogP) is 15.5.